The Morgan fingerprint density at radius 1 is 1.37 bits per heavy atom. The molecule has 0 bridgehead atoms. The Labute approximate surface area is 155 Å². The number of aryl methyl sites for hydroxylation is 1. The van der Waals surface area contributed by atoms with E-state index in [0.717, 1.165) is 24.1 Å². The third kappa shape index (κ3) is 3.59. The van der Waals surface area contributed by atoms with Crippen LogP contribution in [0.5, 0.6) is 0 Å². The van der Waals surface area contributed by atoms with E-state index in [1.165, 1.54) is 4.40 Å². The topological polar surface area (TPSA) is 103 Å². The van der Waals surface area contributed by atoms with Crippen LogP contribution < -0.4 is 11.0 Å². The van der Waals surface area contributed by atoms with Gasteiger partial charge in [0.15, 0.2) is 5.65 Å². The van der Waals surface area contributed by atoms with Crippen LogP contribution in [0.3, 0.4) is 0 Å². The molecule has 1 saturated heterocycles. The van der Waals surface area contributed by atoms with E-state index in [1.807, 2.05) is 18.2 Å². The Morgan fingerprint density at radius 2 is 2.26 bits per heavy atom. The van der Waals surface area contributed by atoms with Crippen molar-refractivity contribution in [2.45, 2.75) is 32.4 Å². The molecule has 0 aliphatic carbocycles. The molecule has 1 N–H and O–H groups in total. The third-order valence-electron chi connectivity index (χ3n) is 4.51. The quantitative estimate of drug-likeness (QED) is 0.706. The van der Waals surface area contributed by atoms with E-state index in [4.69, 9.17) is 4.74 Å². The van der Waals surface area contributed by atoms with Crippen LogP contribution in [0, 0.1) is 6.92 Å². The molecule has 1 aliphatic heterocycles. The molecule has 3 aromatic rings. The number of nitrogens with one attached hydrogen (secondary N) is 1. The molecule has 27 heavy (non-hydrogen) atoms. The van der Waals surface area contributed by atoms with E-state index in [0.29, 0.717) is 29.4 Å². The van der Waals surface area contributed by atoms with Crippen molar-refractivity contribution in [2.24, 2.45) is 0 Å². The average molecular weight is 368 g/mol. The maximum atomic E-state index is 12.6. The first kappa shape index (κ1) is 17.3. The highest BCUT2D eigenvalue weighted by molar-refractivity contribution is 5.75. The first-order chi connectivity index (χ1) is 13.1. The summed E-state index contributed by atoms with van der Waals surface area (Å²) < 4.78 is 8.02. The van der Waals surface area contributed by atoms with Crippen molar-refractivity contribution in [1.82, 2.24) is 29.5 Å². The first-order valence-corrected chi connectivity index (χ1v) is 8.89. The van der Waals surface area contributed by atoms with Crippen LogP contribution in [0.4, 0.5) is 0 Å². The van der Waals surface area contributed by atoms with E-state index in [-0.39, 0.29) is 18.6 Å². The van der Waals surface area contributed by atoms with Crippen molar-refractivity contribution >= 4 is 11.6 Å². The summed E-state index contributed by atoms with van der Waals surface area (Å²) in [4.78, 5) is 33.5. The van der Waals surface area contributed by atoms with Gasteiger partial charge in [-0.05, 0) is 31.9 Å². The second kappa shape index (κ2) is 7.28. The molecule has 1 fully saturated rings. The SMILES string of the molecule is Cc1nc(-c2ccccn2)cc2nn(CC(=O)NC[C@@H]3CCCO3)c(=O)n12. The third-order valence-corrected chi connectivity index (χ3v) is 4.51. The zero-order chi connectivity index (χ0) is 18.8. The van der Waals surface area contributed by atoms with Gasteiger partial charge < -0.3 is 10.1 Å². The summed E-state index contributed by atoms with van der Waals surface area (Å²) in [5.74, 6) is 0.218. The zero-order valence-electron chi connectivity index (χ0n) is 15.0. The lowest BCUT2D eigenvalue weighted by molar-refractivity contribution is -0.122. The maximum absolute atomic E-state index is 12.6. The fraction of sp³-hybridized carbons (Fsp3) is 0.389. The van der Waals surface area contributed by atoms with Crippen molar-refractivity contribution in [3.8, 4) is 11.4 Å². The van der Waals surface area contributed by atoms with Crippen molar-refractivity contribution < 1.29 is 9.53 Å². The summed E-state index contributed by atoms with van der Waals surface area (Å²) in [7, 11) is 0. The molecule has 9 nitrogen and oxygen atoms in total. The number of ether oxygens (including phenoxy) is 1. The molecular formula is C18H20N6O3. The molecule has 0 spiro atoms. The molecule has 140 valence electrons. The predicted octanol–water partition coefficient (Wildman–Crippen LogP) is 0.557. The number of carbonyl (C=O) groups is 1. The number of rotatable bonds is 5. The Hall–Kier alpha value is -3.07. The van der Waals surface area contributed by atoms with Gasteiger partial charge in [0, 0.05) is 25.4 Å². The summed E-state index contributed by atoms with van der Waals surface area (Å²) in [6.45, 7) is 2.76. The average Bonchev–Trinajstić information content (AvgIpc) is 3.29. The smallest absolute Gasteiger partial charge is 0.352 e. The van der Waals surface area contributed by atoms with Gasteiger partial charge in [-0.1, -0.05) is 6.07 Å². The molecule has 9 heteroatoms. The fourth-order valence-electron chi connectivity index (χ4n) is 3.17. The molecule has 4 heterocycles. The standard InChI is InChI=1S/C18H20N6O3/c1-12-21-15(14-6-2-3-7-19-14)9-16-22-23(18(26)24(12)16)11-17(25)20-10-13-5-4-8-27-13/h2-3,6-7,9,13H,4-5,8,10-11H2,1H3,(H,20,25)/t13-/m0/s1. The Kier molecular flexibility index (Phi) is 4.68. The van der Waals surface area contributed by atoms with Gasteiger partial charge in [0.05, 0.1) is 17.5 Å². The van der Waals surface area contributed by atoms with Gasteiger partial charge in [-0.3, -0.25) is 9.78 Å². The Bertz CT molecular complexity index is 1020. The molecule has 1 aliphatic rings. The van der Waals surface area contributed by atoms with Crippen molar-refractivity contribution in [2.75, 3.05) is 13.2 Å². The molecule has 4 rings (SSSR count). The minimum absolute atomic E-state index is 0.0547. The predicted molar refractivity (Wildman–Crippen MR) is 97.2 cm³/mol. The summed E-state index contributed by atoms with van der Waals surface area (Å²) in [6.07, 6.45) is 3.69. The monoisotopic (exact) mass is 368 g/mol. The van der Waals surface area contributed by atoms with Crippen LogP contribution in [-0.4, -0.2) is 49.3 Å². The molecule has 0 aromatic carbocycles. The molecule has 0 radical (unpaired) electrons. The maximum Gasteiger partial charge on any atom is 0.352 e. The highest BCUT2D eigenvalue weighted by atomic mass is 16.5. The molecular weight excluding hydrogens is 348 g/mol. The molecule has 1 amide bonds. The van der Waals surface area contributed by atoms with Crippen LogP contribution in [0.25, 0.3) is 17.0 Å². The number of hydrogen-bond acceptors (Lipinski definition) is 6. The first-order valence-electron chi connectivity index (χ1n) is 8.89. The number of carbonyl (C=O) groups excluding carboxylic acids is 1. The zero-order valence-corrected chi connectivity index (χ0v) is 15.0. The summed E-state index contributed by atoms with van der Waals surface area (Å²) in [5.41, 5.74) is 1.36. The fourth-order valence-corrected chi connectivity index (χ4v) is 3.17. The second-order valence-electron chi connectivity index (χ2n) is 6.48. The number of aromatic nitrogens is 5. The number of hydrogen-bond donors (Lipinski definition) is 1. The largest absolute Gasteiger partial charge is 0.376 e. The van der Waals surface area contributed by atoms with Gasteiger partial charge in [-0.25, -0.2) is 18.9 Å². The Balaban J connectivity index is 1.57. The Morgan fingerprint density at radius 3 is 3.00 bits per heavy atom. The number of nitrogens with zero attached hydrogens (tertiary/aromatic N) is 5. The minimum Gasteiger partial charge on any atom is -0.376 e. The van der Waals surface area contributed by atoms with E-state index in [9.17, 15) is 9.59 Å². The van der Waals surface area contributed by atoms with Gasteiger partial charge in [-0.15, -0.1) is 5.10 Å². The van der Waals surface area contributed by atoms with Crippen LogP contribution in [0.2, 0.25) is 0 Å². The highest BCUT2D eigenvalue weighted by Crippen LogP contribution is 2.15. The molecule has 3 aromatic heterocycles. The van der Waals surface area contributed by atoms with Crippen LogP contribution in [0.1, 0.15) is 18.7 Å². The summed E-state index contributed by atoms with van der Waals surface area (Å²) in [5, 5.41) is 7.08. The van der Waals surface area contributed by atoms with Gasteiger partial charge in [-0.2, -0.15) is 0 Å². The lowest BCUT2D eigenvalue weighted by Crippen LogP contribution is -2.36. The summed E-state index contributed by atoms with van der Waals surface area (Å²) in [6, 6.07) is 7.22. The van der Waals surface area contributed by atoms with Gasteiger partial charge in [0.25, 0.3) is 0 Å². The van der Waals surface area contributed by atoms with E-state index < -0.39 is 5.69 Å². The van der Waals surface area contributed by atoms with Gasteiger partial charge in [0.1, 0.15) is 12.4 Å². The van der Waals surface area contributed by atoms with E-state index >= 15 is 0 Å². The number of amides is 1. The molecule has 0 saturated carbocycles. The second-order valence-corrected chi connectivity index (χ2v) is 6.48. The van der Waals surface area contributed by atoms with Crippen LogP contribution >= 0.6 is 0 Å². The van der Waals surface area contributed by atoms with Crippen LogP contribution in [-0.2, 0) is 16.1 Å². The number of fused-ring (bicyclic) bond motifs is 1. The van der Waals surface area contributed by atoms with E-state index in [2.05, 4.69) is 20.4 Å². The lowest BCUT2D eigenvalue weighted by Gasteiger charge is -2.10. The van der Waals surface area contributed by atoms with Crippen molar-refractivity contribution in [3.63, 3.8) is 0 Å². The van der Waals surface area contributed by atoms with Gasteiger partial charge in [0.2, 0.25) is 5.91 Å². The van der Waals surface area contributed by atoms with E-state index in [1.54, 1.807) is 19.2 Å². The van der Waals surface area contributed by atoms with Gasteiger partial charge >= 0.3 is 5.69 Å². The summed E-state index contributed by atoms with van der Waals surface area (Å²) >= 11 is 0. The lowest BCUT2D eigenvalue weighted by atomic mass is 10.2. The van der Waals surface area contributed by atoms with Crippen molar-refractivity contribution in [1.29, 1.82) is 0 Å². The van der Waals surface area contributed by atoms with Crippen molar-refractivity contribution in [3.05, 3.63) is 46.8 Å². The number of pyridine rings is 1. The van der Waals surface area contributed by atoms with Crippen LogP contribution in [0.15, 0.2) is 35.3 Å². The minimum atomic E-state index is -0.394. The molecule has 1 atom stereocenters. The highest BCUT2D eigenvalue weighted by Gasteiger charge is 2.18. The normalized spacial score (nSPS) is 16.7. The molecule has 0 unspecified atom stereocenters.